The second-order valence-corrected chi connectivity index (χ2v) is 7.32. The Morgan fingerprint density at radius 1 is 0.842 bits per heavy atom. The molecule has 0 amide bonds. The van der Waals surface area contributed by atoms with Gasteiger partial charge in [0.15, 0.2) is 0 Å². The number of hydrogen-bond donors (Lipinski definition) is 2. The van der Waals surface area contributed by atoms with Gasteiger partial charge in [0.2, 0.25) is 0 Å². The Labute approximate surface area is 119 Å². The molecule has 0 bridgehead atoms. The summed E-state index contributed by atoms with van der Waals surface area (Å²) in [6.07, 6.45) is 8.13. The first kappa shape index (κ1) is 17.0. The lowest BCUT2D eigenvalue weighted by atomic mass is 9.75. The van der Waals surface area contributed by atoms with Gasteiger partial charge >= 0.3 is 0 Å². The Morgan fingerprint density at radius 2 is 1.47 bits per heavy atom. The fraction of sp³-hybridized carbons (Fsp3) is 1.00. The summed E-state index contributed by atoms with van der Waals surface area (Å²) in [5, 5.41) is 18.8. The third-order valence-corrected chi connectivity index (χ3v) is 4.90. The third-order valence-electron chi connectivity index (χ3n) is 4.90. The number of rotatable bonds is 1. The molecule has 0 radical (unpaired) electrons. The maximum absolute atomic E-state index is 9.71. The van der Waals surface area contributed by atoms with Crippen LogP contribution in [0.25, 0.3) is 0 Å². The average molecular weight is 270 g/mol. The monoisotopic (exact) mass is 270 g/mol. The van der Waals surface area contributed by atoms with Crippen LogP contribution in [-0.2, 0) is 0 Å². The summed E-state index contributed by atoms with van der Waals surface area (Å²) in [4.78, 5) is 0. The minimum atomic E-state index is -0.0289. The normalized spacial score (nSPS) is 39.6. The van der Waals surface area contributed by atoms with Gasteiger partial charge in [0.05, 0.1) is 12.2 Å². The van der Waals surface area contributed by atoms with Crippen molar-refractivity contribution in [2.45, 2.75) is 84.8 Å². The number of aliphatic hydroxyl groups excluding tert-OH is 2. The van der Waals surface area contributed by atoms with Crippen molar-refractivity contribution in [3.05, 3.63) is 0 Å². The lowest BCUT2D eigenvalue weighted by Gasteiger charge is -2.33. The molecule has 2 N–H and O–H groups in total. The molecule has 0 spiro atoms. The molecular formula is C17H34O2. The zero-order chi connectivity index (χ0) is 14.4. The molecule has 5 atom stereocenters. The predicted octanol–water partition coefficient (Wildman–Crippen LogP) is 4.00. The largest absolute Gasteiger partial charge is 0.393 e. The predicted molar refractivity (Wildman–Crippen MR) is 81.0 cm³/mol. The number of aliphatic hydroxyl groups is 2. The Morgan fingerprint density at radius 3 is 1.89 bits per heavy atom. The molecule has 2 saturated carbocycles. The molecule has 2 fully saturated rings. The first-order valence-corrected chi connectivity index (χ1v) is 8.26. The molecule has 0 aromatic rings. The van der Waals surface area contributed by atoms with E-state index in [2.05, 4.69) is 27.7 Å². The maximum atomic E-state index is 9.71. The van der Waals surface area contributed by atoms with Crippen molar-refractivity contribution in [1.82, 2.24) is 0 Å². The van der Waals surface area contributed by atoms with Crippen molar-refractivity contribution in [1.29, 1.82) is 0 Å². The Hall–Kier alpha value is -0.0800. The first-order valence-electron chi connectivity index (χ1n) is 8.26. The summed E-state index contributed by atoms with van der Waals surface area (Å²) in [6.45, 7) is 8.87. The van der Waals surface area contributed by atoms with Crippen LogP contribution in [-0.4, -0.2) is 22.4 Å². The average Bonchev–Trinajstić information content (AvgIpc) is 2.28. The molecule has 5 unspecified atom stereocenters. The van der Waals surface area contributed by atoms with Gasteiger partial charge in [0, 0.05) is 0 Å². The minimum absolute atomic E-state index is 0.0127. The highest BCUT2D eigenvalue weighted by molar-refractivity contribution is 4.79. The van der Waals surface area contributed by atoms with Gasteiger partial charge < -0.3 is 10.2 Å². The molecular weight excluding hydrogens is 236 g/mol. The topological polar surface area (TPSA) is 40.5 Å². The summed E-state index contributed by atoms with van der Waals surface area (Å²) in [5.74, 6) is 2.71. The van der Waals surface area contributed by atoms with E-state index in [1.807, 2.05) is 0 Å². The summed E-state index contributed by atoms with van der Waals surface area (Å²) in [5.41, 5.74) is 0. The minimum Gasteiger partial charge on any atom is -0.393 e. The SMILES string of the molecule is CC1CCC(C(C)C)C(O)C1.CC1CCCC(O)C1. The Kier molecular flexibility index (Phi) is 7.38. The second kappa shape index (κ2) is 8.26. The van der Waals surface area contributed by atoms with Crippen molar-refractivity contribution in [2.24, 2.45) is 23.7 Å². The van der Waals surface area contributed by atoms with E-state index >= 15 is 0 Å². The van der Waals surface area contributed by atoms with E-state index in [4.69, 9.17) is 5.11 Å². The van der Waals surface area contributed by atoms with Gasteiger partial charge in [0.25, 0.3) is 0 Å². The molecule has 2 heteroatoms. The molecule has 19 heavy (non-hydrogen) atoms. The molecule has 114 valence electrons. The van der Waals surface area contributed by atoms with Crippen LogP contribution in [0.4, 0.5) is 0 Å². The maximum Gasteiger partial charge on any atom is 0.0573 e. The van der Waals surface area contributed by atoms with E-state index in [0.717, 1.165) is 31.1 Å². The van der Waals surface area contributed by atoms with E-state index < -0.39 is 0 Å². The van der Waals surface area contributed by atoms with Crippen LogP contribution in [0, 0.1) is 23.7 Å². The quantitative estimate of drug-likeness (QED) is 0.756. The van der Waals surface area contributed by atoms with Crippen molar-refractivity contribution in [3.63, 3.8) is 0 Å². The van der Waals surface area contributed by atoms with Gasteiger partial charge in [-0.05, 0) is 49.4 Å². The highest BCUT2D eigenvalue weighted by Gasteiger charge is 2.28. The van der Waals surface area contributed by atoms with Crippen molar-refractivity contribution < 1.29 is 10.2 Å². The molecule has 0 aromatic carbocycles. The second-order valence-electron chi connectivity index (χ2n) is 7.32. The van der Waals surface area contributed by atoms with Gasteiger partial charge in [-0.25, -0.2) is 0 Å². The smallest absolute Gasteiger partial charge is 0.0573 e. The first-order chi connectivity index (χ1) is 8.90. The van der Waals surface area contributed by atoms with Gasteiger partial charge in [-0.15, -0.1) is 0 Å². The van der Waals surface area contributed by atoms with Crippen molar-refractivity contribution in [3.8, 4) is 0 Å². The standard InChI is InChI=1S/C10H20O.C7H14O/c1-7(2)9-5-4-8(3)6-10(9)11;1-6-3-2-4-7(8)5-6/h7-11H,4-6H2,1-3H3;6-8H,2-5H2,1H3. The van der Waals surface area contributed by atoms with Crippen LogP contribution < -0.4 is 0 Å². The van der Waals surface area contributed by atoms with E-state index in [9.17, 15) is 5.11 Å². The molecule has 2 aliphatic carbocycles. The van der Waals surface area contributed by atoms with Crippen LogP contribution in [0.5, 0.6) is 0 Å². The molecule has 0 aromatic heterocycles. The zero-order valence-electron chi connectivity index (χ0n) is 13.3. The molecule has 2 aliphatic rings. The van der Waals surface area contributed by atoms with Crippen LogP contribution in [0.2, 0.25) is 0 Å². The van der Waals surface area contributed by atoms with Gasteiger partial charge in [0.1, 0.15) is 0 Å². The van der Waals surface area contributed by atoms with Gasteiger partial charge in [-0.1, -0.05) is 47.0 Å². The number of hydrogen-bond acceptors (Lipinski definition) is 2. The van der Waals surface area contributed by atoms with Crippen LogP contribution in [0.1, 0.15) is 72.6 Å². The van der Waals surface area contributed by atoms with Gasteiger partial charge in [-0.2, -0.15) is 0 Å². The molecule has 2 rings (SSSR count). The highest BCUT2D eigenvalue weighted by Crippen LogP contribution is 2.33. The van der Waals surface area contributed by atoms with E-state index in [1.165, 1.54) is 25.7 Å². The lowest BCUT2D eigenvalue weighted by molar-refractivity contribution is 0.0266. The zero-order valence-corrected chi connectivity index (χ0v) is 13.3. The van der Waals surface area contributed by atoms with E-state index in [-0.39, 0.29) is 12.2 Å². The van der Waals surface area contributed by atoms with Gasteiger partial charge in [-0.3, -0.25) is 0 Å². The van der Waals surface area contributed by atoms with Crippen LogP contribution in [0.3, 0.4) is 0 Å². The highest BCUT2D eigenvalue weighted by atomic mass is 16.3. The fourth-order valence-electron chi connectivity index (χ4n) is 3.55. The van der Waals surface area contributed by atoms with Crippen molar-refractivity contribution in [2.75, 3.05) is 0 Å². The van der Waals surface area contributed by atoms with E-state index in [0.29, 0.717) is 11.8 Å². The third kappa shape index (κ3) is 6.27. The van der Waals surface area contributed by atoms with Crippen molar-refractivity contribution >= 4 is 0 Å². The summed E-state index contributed by atoms with van der Waals surface area (Å²) in [7, 11) is 0. The van der Waals surface area contributed by atoms with Crippen LogP contribution in [0.15, 0.2) is 0 Å². The molecule has 2 nitrogen and oxygen atoms in total. The Balaban J connectivity index is 0.000000200. The molecule has 0 saturated heterocycles. The van der Waals surface area contributed by atoms with E-state index in [1.54, 1.807) is 0 Å². The summed E-state index contributed by atoms with van der Waals surface area (Å²) in [6, 6.07) is 0. The molecule has 0 heterocycles. The fourth-order valence-corrected chi connectivity index (χ4v) is 3.55. The summed E-state index contributed by atoms with van der Waals surface area (Å²) >= 11 is 0. The molecule has 0 aliphatic heterocycles. The Bertz CT molecular complexity index is 231. The van der Waals surface area contributed by atoms with Crippen LogP contribution >= 0.6 is 0 Å². The lowest BCUT2D eigenvalue weighted by Crippen LogP contribution is -2.31. The summed E-state index contributed by atoms with van der Waals surface area (Å²) < 4.78 is 0.